The fourth-order valence-corrected chi connectivity index (χ4v) is 7.17. The monoisotopic (exact) mass is 544 g/mol. The van der Waals surface area contributed by atoms with Crippen molar-refractivity contribution in [1.82, 2.24) is 10.2 Å². The molecule has 2 heterocycles. The van der Waals surface area contributed by atoms with Gasteiger partial charge in [0.2, 0.25) is 11.8 Å². The summed E-state index contributed by atoms with van der Waals surface area (Å²) in [6.45, 7) is 0. The predicted octanol–water partition coefficient (Wildman–Crippen LogP) is 2.53. The molecule has 1 aromatic rings. The van der Waals surface area contributed by atoms with Crippen molar-refractivity contribution >= 4 is 62.8 Å². The van der Waals surface area contributed by atoms with E-state index in [0.717, 1.165) is 17.0 Å². The molecule has 6 atom stereocenters. The first-order valence-corrected chi connectivity index (χ1v) is 11.8. The molecule has 0 bridgehead atoms. The molecule has 4 aliphatic rings. The minimum atomic E-state index is -1.99. The highest BCUT2D eigenvalue weighted by atomic mass is 79.9. The van der Waals surface area contributed by atoms with Crippen LogP contribution in [0.5, 0.6) is 5.75 Å². The molecule has 0 aromatic heterocycles. The summed E-state index contributed by atoms with van der Waals surface area (Å²) in [6.07, 6.45) is 1.85. The normalized spacial score (nSPS) is 38.2. The number of carbonyl (C=O) groups is 4. The highest BCUT2D eigenvalue weighted by Crippen LogP contribution is 2.65. The molecule has 32 heavy (non-hydrogen) atoms. The number of imide groups is 2. The third-order valence-corrected chi connectivity index (χ3v) is 9.08. The van der Waals surface area contributed by atoms with Crippen LogP contribution < -0.4 is 5.32 Å². The van der Waals surface area contributed by atoms with Gasteiger partial charge < -0.3 is 5.11 Å². The van der Waals surface area contributed by atoms with Crippen molar-refractivity contribution in [2.75, 3.05) is 5.45 Å². The molecule has 3 fully saturated rings. The molecule has 7 nitrogen and oxygen atoms in total. The summed E-state index contributed by atoms with van der Waals surface area (Å²) in [5.74, 6) is -6.93. The molecule has 5 rings (SSSR count). The first-order valence-electron chi connectivity index (χ1n) is 9.89. The fraction of sp³-hybridized carbons (Fsp3) is 0.429. The molecular weight excluding hydrogens is 530 g/mol. The Morgan fingerprint density at radius 2 is 1.88 bits per heavy atom. The molecule has 0 spiro atoms. The summed E-state index contributed by atoms with van der Waals surface area (Å²) < 4.78 is 14.3. The van der Waals surface area contributed by atoms with Gasteiger partial charge in [0.25, 0.3) is 11.8 Å². The van der Waals surface area contributed by atoms with E-state index in [-0.39, 0.29) is 23.9 Å². The van der Waals surface area contributed by atoms with Gasteiger partial charge in [-0.05, 0) is 36.5 Å². The van der Waals surface area contributed by atoms with E-state index in [1.54, 1.807) is 6.08 Å². The van der Waals surface area contributed by atoms with E-state index in [1.807, 2.05) is 0 Å². The number of phenols is 1. The smallest absolute Gasteiger partial charge is 0.254 e. The van der Waals surface area contributed by atoms with Crippen LogP contribution in [0.1, 0.15) is 24.3 Å². The topological polar surface area (TPSA) is 104 Å². The summed E-state index contributed by atoms with van der Waals surface area (Å²) in [5, 5.41) is 12.0. The second-order valence-corrected chi connectivity index (χ2v) is 10.3. The zero-order chi connectivity index (χ0) is 23.2. The van der Waals surface area contributed by atoms with E-state index in [4.69, 9.17) is 23.2 Å². The first-order chi connectivity index (χ1) is 15.1. The Morgan fingerprint density at radius 1 is 1.16 bits per heavy atom. The van der Waals surface area contributed by atoms with E-state index < -0.39 is 68.6 Å². The Hall–Kier alpha value is -1.97. The molecule has 1 aromatic carbocycles. The lowest BCUT2D eigenvalue weighted by Crippen LogP contribution is -2.60. The summed E-state index contributed by atoms with van der Waals surface area (Å²) in [6, 6.07) is 3.59. The van der Waals surface area contributed by atoms with Crippen LogP contribution in [0.25, 0.3) is 0 Å². The van der Waals surface area contributed by atoms with Crippen LogP contribution in [0, 0.1) is 23.6 Å². The number of nitrogens with zero attached hydrogens (tertiary/aromatic N) is 1. The van der Waals surface area contributed by atoms with Crippen molar-refractivity contribution in [2.24, 2.45) is 17.8 Å². The molecule has 0 radical (unpaired) electrons. The Bertz CT molecular complexity index is 1150. The Morgan fingerprint density at radius 3 is 2.53 bits per heavy atom. The highest BCUT2D eigenvalue weighted by Gasteiger charge is 2.76. The van der Waals surface area contributed by atoms with Crippen LogP contribution in [0.3, 0.4) is 0 Å². The largest absolute Gasteiger partial charge is 0.505 e. The van der Waals surface area contributed by atoms with Crippen molar-refractivity contribution < 1.29 is 28.7 Å². The van der Waals surface area contributed by atoms with Crippen molar-refractivity contribution in [2.45, 2.75) is 28.5 Å². The quantitative estimate of drug-likeness (QED) is 0.257. The predicted molar refractivity (Wildman–Crippen MR) is 115 cm³/mol. The molecular formula is C21H16BrCl2FN2O5. The number of rotatable bonds is 2. The fourth-order valence-electron chi connectivity index (χ4n) is 5.74. The van der Waals surface area contributed by atoms with Gasteiger partial charge in [-0.15, -0.1) is 23.2 Å². The number of amides is 4. The molecule has 168 valence electrons. The summed E-state index contributed by atoms with van der Waals surface area (Å²) in [4.78, 5) is 48.6. The molecule has 1 saturated carbocycles. The average Bonchev–Trinajstić information content (AvgIpc) is 3.11. The Labute approximate surface area is 200 Å². The Kier molecular flexibility index (Phi) is 4.79. The number of hydrogen-bond acceptors (Lipinski definition) is 5. The summed E-state index contributed by atoms with van der Waals surface area (Å²) in [5.41, 5.74) is 0.654. The van der Waals surface area contributed by atoms with Crippen molar-refractivity contribution in [3.63, 3.8) is 0 Å². The van der Waals surface area contributed by atoms with Crippen LogP contribution in [-0.4, -0.2) is 48.8 Å². The zero-order valence-electron chi connectivity index (χ0n) is 16.3. The van der Waals surface area contributed by atoms with E-state index >= 15 is 0 Å². The first kappa shape index (κ1) is 21.9. The van der Waals surface area contributed by atoms with Gasteiger partial charge in [0, 0.05) is 5.92 Å². The van der Waals surface area contributed by atoms with E-state index in [0.29, 0.717) is 5.57 Å². The minimum absolute atomic E-state index is 0.128. The second kappa shape index (κ2) is 7.01. The molecule has 11 heteroatoms. The van der Waals surface area contributed by atoms with Crippen LogP contribution in [0.15, 0.2) is 29.8 Å². The highest BCUT2D eigenvalue weighted by molar-refractivity contribution is 9.09. The van der Waals surface area contributed by atoms with Gasteiger partial charge in [0.05, 0.1) is 17.3 Å². The standard InChI is InChI=1S/C21H16BrCl2FN2O5/c22-7-27-18(31)20(23)6-11-9(2-3-10-14(11)17(30)26-16(10)29)15(21(20,24)19(27)32)8-1-4-13(28)12(25)5-8/h1-2,4-5,10-11,14-15,28H,3,6-7H2,(H,26,29,30). The zero-order valence-corrected chi connectivity index (χ0v) is 19.4. The van der Waals surface area contributed by atoms with Gasteiger partial charge in [-0.25, -0.2) is 4.39 Å². The van der Waals surface area contributed by atoms with E-state index in [2.05, 4.69) is 21.2 Å². The molecule has 6 unspecified atom stereocenters. The maximum Gasteiger partial charge on any atom is 0.254 e. The SMILES string of the molecule is O=C1NC(=O)C2C1CC=C1C2CC2(Cl)C(=O)N(CBr)C(=O)C2(Cl)C1c1ccc(O)c(F)c1. The number of likely N-dealkylation sites (tertiary alicyclic amines) is 1. The van der Waals surface area contributed by atoms with Crippen LogP contribution in [-0.2, 0) is 19.2 Å². The van der Waals surface area contributed by atoms with Crippen LogP contribution >= 0.6 is 39.1 Å². The lowest BCUT2D eigenvalue weighted by molar-refractivity contribution is -0.138. The number of allylic oxidation sites excluding steroid dienone is 2. The number of halogens is 4. The lowest BCUT2D eigenvalue weighted by Gasteiger charge is -2.50. The third kappa shape index (κ3) is 2.53. The average molecular weight is 546 g/mol. The minimum Gasteiger partial charge on any atom is -0.505 e. The van der Waals surface area contributed by atoms with Gasteiger partial charge in [0.1, 0.15) is 0 Å². The second-order valence-electron chi connectivity index (χ2n) is 8.55. The molecule has 2 aliphatic carbocycles. The maximum atomic E-state index is 14.3. The summed E-state index contributed by atoms with van der Waals surface area (Å²) in [7, 11) is 0. The molecule has 4 amide bonds. The maximum absolute atomic E-state index is 14.3. The number of alkyl halides is 3. The van der Waals surface area contributed by atoms with Crippen molar-refractivity contribution in [3.8, 4) is 5.75 Å². The van der Waals surface area contributed by atoms with Crippen LogP contribution in [0.2, 0.25) is 0 Å². The Balaban J connectivity index is 1.76. The molecule has 2 N–H and O–H groups in total. The lowest BCUT2D eigenvalue weighted by atomic mass is 9.56. The molecule has 2 aliphatic heterocycles. The number of phenolic OH excluding ortho intramolecular Hbond substituents is 1. The number of aromatic hydroxyl groups is 1. The van der Waals surface area contributed by atoms with Gasteiger partial charge in [-0.2, -0.15) is 0 Å². The third-order valence-electron chi connectivity index (χ3n) is 7.16. The van der Waals surface area contributed by atoms with E-state index in [1.165, 1.54) is 6.07 Å². The summed E-state index contributed by atoms with van der Waals surface area (Å²) >= 11 is 17.0. The van der Waals surface area contributed by atoms with Gasteiger partial charge in [-0.1, -0.05) is 33.6 Å². The molecule has 2 saturated heterocycles. The number of nitrogens with one attached hydrogen (secondary N) is 1. The number of fused-ring (bicyclic) bond motifs is 4. The van der Waals surface area contributed by atoms with Crippen molar-refractivity contribution in [3.05, 3.63) is 41.2 Å². The van der Waals surface area contributed by atoms with Crippen LogP contribution in [0.4, 0.5) is 4.39 Å². The van der Waals surface area contributed by atoms with Crippen molar-refractivity contribution in [1.29, 1.82) is 0 Å². The number of benzene rings is 1. The number of carbonyl (C=O) groups excluding carboxylic acids is 4. The van der Waals surface area contributed by atoms with Gasteiger partial charge >= 0.3 is 0 Å². The van der Waals surface area contributed by atoms with Gasteiger partial charge in [0.15, 0.2) is 21.3 Å². The van der Waals surface area contributed by atoms with Gasteiger partial charge in [-0.3, -0.25) is 29.4 Å². The number of hydrogen-bond donors (Lipinski definition) is 2. The van der Waals surface area contributed by atoms with E-state index in [9.17, 15) is 28.7 Å².